The number of nitrogens with zero attached hydrogens (tertiary/aromatic N) is 2. The Morgan fingerprint density at radius 1 is 0.938 bits per heavy atom. The molecule has 1 aromatic carbocycles. The number of hydrogen-bond donors (Lipinski definition) is 2. The Balaban J connectivity index is 2.12. The van der Waals surface area contributed by atoms with E-state index in [9.17, 15) is 28.8 Å². The Hall–Kier alpha value is -4.33. The number of piperidine rings is 1. The van der Waals surface area contributed by atoms with Crippen LogP contribution < -0.4 is 5.32 Å². The van der Waals surface area contributed by atoms with Gasteiger partial charge in [-0.25, -0.2) is 14.4 Å². The smallest absolute Gasteiger partial charge is 0.436 e. The van der Waals surface area contributed by atoms with Crippen LogP contribution in [0.4, 0.5) is 9.59 Å². The summed E-state index contributed by atoms with van der Waals surface area (Å²) in [6, 6.07) is 5.96. The summed E-state index contributed by atoms with van der Waals surface area (Å²) in [6.45, 7) is 14.2. The molecule has 1 fully saturated rings. The molecule has 1 aliphatic heterocycles. The van der Waals surface area contributed by atoms with Crippen LogP contribution in [0.2, 0.25) is 0 Å². The highest BCUT2D eigenvalue weighted by atomic mass is 16.6. The third-order valence-corrected chi connectivity index (χ3v) is 6.92. The second-order valence-corrected chi connectivity index (χ2v) is 13.8. The van der Waals surface area contributed by atoms with Crippen LogP contribution in [0, 0.1) is 11.8 Å². The highest BCUT2D eigenvalue weighted by molar-refractivity contribution is 6.10. The summed E-state index contributed by atoms with van der Waals surface area (Å²) in [5.74, 6) is -2.71. The fourth-order valence-electron chi connectivity index (χ4n) is 4.65. The summed E-state index contributed by atoms with van der Waals surface area (Å²) in [5, 5.41) is 11.2. The van der Waals surface area contributed by atoms with E-state index in [1.54, 1.807) is 32.6 Å². The summed E-state index contributed by atoms with van der Waals surface area (Å²) < 4.78 is 21.2. The number of amides is 3. The largest absolute Gasteiger partial charge is 0.480 e. The fraction of sp³-hybridized carbons (Fsp3) is 0.618. The van der Waals surface area contributed by atoms with Crippen LogP contribution in [-0.2, 0) is 33.3 Å². The van der Waals surface area contributed by atoms with Gasteiger partial charge in [-0.1, -0.05) is 45.0 Å². The number of Topliss-reactive ketones (excluding diaryl/α,β-unsaturated/α-hetero) is 1. The lowest BCUT2D eigenvalue weighted by atomic mass is 9.96. The summed E-state index contributed by atoms with van der Waals surface area (Å²) >= 11 is 0. The van der Waals surface area contributed by atoms with Gasteiger partial charge in [0.25, 0.3) is 0 Å². The zero-order valence-electron chi connectivity index (χ0n) is 29.1. The zero-order valence-corrected chi connectivity index (χ0v) is 29.1. The highest BCUT2D eigenvalue weighted by Gasteiger charge is 2.30. The minimum atomic E-state index is -1.26. The molecule has 0 aliphatic carbocycles. The van der Waals surface area contributed by atoms with Gasteiger partial charge in [0, 0.05) is 36.6 Å². The van der Waals surface area contributed by atoms with Crippen molar-refractivity contribution in [2.75, 3.05) is 26.3 Å². The Morgan fingerprint density at radius 2 is 1.52 bits per heavy atom. The normalized spacial score (nSPS) is 15.0. The molecule has 3 amide bonds. The topological polar surface area (TPSA) is 187 Å². The molecule has 0 radical (unpaired) electrons. The number of esters is 1. The maximum Gasteiger partial charge on any atom is 0.436 e. The molecule has 1 saturated heterocycles. The summed E-state index contributed by atoms with van der Waals surface area (Å²) in [4.78, 5) is 80.1. The fourth-order valence-corrected chi connectivity index (χ4v) is 4.65. The summed E-state index contributed by atoms with van der Waals surface area (Å²) in [6.07, 6.45) is -1.43. The number of likely N-dealkylation sites (tertiary alicyclic amines) is 1. The van der Waals surface area contributed by atoms with Crippen molar-refractivity contribution in [3.63, 3.8) is 0 Å². The molecule has 0 saturated carbocycles. The van der Waals surface area contributed by atoms with Gasteiger partial charge in [-0.05, 0) is 53.4 Å². The number of carbonyl (C=O) groups is 6. The maximum absolute atomic E-state index is 13.1. The number of alkyl carbamates (subject to hydrolysis) is 1. The van der Waals surface area contributed by atoms with Gasteiger partial charge in [0.1, 0.15) is 23.6 Å². The summed E-state index contributed by atoms with van der Waals surface area (Å²) in [5.41, 5.74) is -1.54. The number of amidine groups is 1. The van der Waals surface area contributed by atoms with Crippen molar-refractivity contribution in [2.45, 2.75) is 98.4 Å². The third-order valence-electron chi connectivity index (χ3n) is 6.92. The number of ether oxygens (including phenoxy) is 4. The van der Waals surface area contributed by atoms with E-state index in [2.05, 4.69) is 10.3 Å². The van der Waals surface area contributed by atoms with Crippen LogP contribution in [0.15, 0.2) is 29.3 Å². The van der Waals surface area contributed by atoms with E-state index in [0.29, 0.717) is 31.5 Å². The first kappa shape index (κ1) is 39.8. The number of nitrogens with one attached hydrogen (secondary N) is 1. The van der Waals surface area contributed by atoms with Gasteiger partial charge in [-0.2, -0.15) is 4.99 Å². The van der Waals surface area contributed by atoms with E-state index in [0.717, 1.165) is 0 Å². The molecule has 0 spiro atoms. The van der Waals surface area contributed by atoms with Crippen LogP contribution >= 0.6 is 0 Å². The predicted octanol–water partition coefficient (Wildman–Crippen LogP) is 4.76. The van der Waals surface area contributed by atoms with Gasteiger partial charge in [-0.3, -0.25) is 19.7 Å². The van der Waals surface area contributed by atoms with Gasteiger partial charge in [0.2, 0.25) is 5.91 Å². The maximum atomic E-state index is 13.1. The minimum absolute atomic E-state index is 0.0499. The van der Waals surface area contributed by atoms with Gasteiger partial charge in [0.05, 0.1) is 19.1 Å². The Morgan fingerprint density at radius 3 is 2.06 bits per heavy atom. The van der Waals surface area contributed by atoms with Gasteiger partial charge >= 0.3 is 24.1 Å². The molecule has 266 valence electrons. The lowest BCUT2D eigenvalue weighted by Crippen LogP contribution is -2.43. The average Bonchev–Trinajstić information content (AvgIpc) is 2.97. The molecule has 2 rings (SSSR count). The Kier molecular flexibility index (Phi) is 14.7. The molecule has 48 heavy (non-hydrogen) atoms. The van der Waals surface area contributed by atoms with Crippen molar-refractivity contribution in [3.05, 3.63) is 35.4 Å². The number of hydrogen-bond acceptors (Lipinski definition) is 10. The number of benzene rings is 1. The Bertz CT molecular complexity index is 1340. The number of rotatable bonds is 13. The van der Waals surface area contributed by atoms with Crippen molar-refractivity contribution < 1.29 is 52.8 Å². The van der Waals surface area contributed by atoms with E-state index in [4.69, 9.17) is 24.1 Å². The molecule has 14 heteroatoms. The monoisotopic (exact) mass is 675 g/mol. The van der Waals surface area contributed by atoms with E-state index in [1.165, 1.54) is 38.1 Å². The van der Waals surface area contributed by atoms with E-state index in [-0.39, 0.29) is 61.2 Å². The first-order valence-electron chi connectivity index (χ1n) is 16.0. The van der Waals surface area contributed by atoms with Crippen molar-refractivity contribution >= 4 is 41.7 Å². The minimum Gasteiger partial charge on any atom is -0.480 e. The molecule has 2 N–H and O–H groups in total. The number of ketones is 1. The predicted molar refractivity (Wildman–Crippen MR) is 175 cm³/mol. The van der Waals surface area contributed by atoms with Crippen LogP contribution in [0.3, 0.4) is 0 Å². The van der Waals surface area contributed by atoms with E-state index < -0.39 is 41.2 Å². The van der Waals surface area contributed by atoms with Gasteiger partial charge in [-0.15, -0.1) is 0 Å². The first-order valence-corrected chi connectivity index (χ1v) is 16.0. The van der Waals surface area contributed by atoms with E-state index >= 15 is 0 Å². The number of carboxylic acids is 1. The lowest BCUT2D eigenvalue weighted by Gasteiger charge is -2.33. The van der Waals surface area contributed by atoms with Crippen LogP contribution in [-0.4, -0.2) is 95.3 Å². The highest BCUT2D eigenvalue weighted by Crippen LogP contribution is 2.20. The first-order chi connectivity index (χ1) is 22.2. The van der Waals surface area contributed by atoms with E-state index in [1.807, 2.05) is 13.8 Å². The van der Waals surface area contributed by atoms with Crippen molar-refractivity contribution in [3.8, 4) is 0 Å². The average molecular weight is 676 g/mol. The molecule has 14 nitrogen and oxygen atoms in total. The molecule has 0 bridgehead atoms. The van der Waals surface area contributed by atoms with Crippen LogP contribution in [0.5, 0.6) is 0 Å². The second-order valence-electron chi connectivity index (χ2n) is 13.8. The van der Waals surface area contributed by atoms with Gasteiger partial charge in [0.15, 0.2) is 5.78 Å². The molecule has 1 aromatic rings. The molecule has 0 aromatic heterocycles. The number of aliphatic imine (C=N–C) groups is 1. The second kappa shape index (κ2) is 17.7. The quantitative estimate of drug-likeness (QED) is 0.0965. The van der Waals surface area contributed by atoms with Crippen molar-refractivity contribution in [1.82, 2.24) is 10.2 Å². The summed E-state index contributed by atoms with van der Waals surface area (Å²) in [7, 11) is 0. The molecule has 1 heterocycles. The molecule has 1 aliphatic rings. The van der Waals surface area contributed by atoms with Crippen molar-refractivity contribution in [1.29, 1.82) is 0 Å². The SMILES string of the molecule is CC(C)COC(=O)CC(C)(C)OC(=O)N=C(NC(=O)OC(C)(C)C)c1ccc(C(=O)C[C@@H](C)C(=O)N2CCC(OCC(=O)O)CC2)cc1. The Labute approximate surface area is 281 Å². The van der Waals surface area contributed by atoms with Crippen LogP contribution in [0.25, 0.3) is 0 Å². The number of carboxylic acid groups (broad SMARTS) is 1. The van der Waals surface area contributed by atoms with Gasteiger partial charge < -0.3 is 29.0 Å². The standard InChI is InChI=1S/C34H49N3O11/c1-21(2)19-46-28(41)18-34(7,8)48-32(44)36-29(35-31(43)47-33(4,5)6)24-11-9-23(10-12-24)26(38)17-22(3)30(42)37-15-13-25(14-16-37)45-20-27(39)40/h9-12,21-22,25H,13-20H2,1-8H3,(H,39,40)(H,35,36,43,44)/t22-/m1/s1. The third kappa shape index (κ3) is 14.6. The number of aliphatic carboxylic acids is 1. The molecule has 0 unspecified atom stereocenters. The molecular formula is C34H49N3O11. The number of carbonyl (C=O) groups excluding carboxylic acids is 5. The van der Waals surface area contributed by atoms with Crippen LogP contribution in [0.1, 0.15) is 97.0 Å². The molecular weight excluding hydrogens is 626 g/mol. The zero-order chi connectivity index (χ0) is 36.2. The van der Waals surface area contributed by atoms with Crippen molar-refractivity contribution in [2.24, 2.45) is 16.8 Å². The lowest BCUT2D eigenvalue weighted by molar-refractivity contribution is -0.149. The molecule has 1 atom stereocenters.